The van der Waals surface area contributed by atoms with Crippen molar-refractivity contribution in [1.29, 1.82) is 0 Å². The van der Waals surface area contributed by atoms with Crippen LogP contribution in [0.3, 0.4) is 0 Å². The summed E-state index contributed by atoms with van der Waals surface area (Å²) in [5.41, 5.74) is 0.698. The first kappa shape index (κ1) is 28.2. The van der Waals surface area contributed by atoms with E-state index in [1.165, 1.54) is 0 Å². The Balaban J connectivity index is 2.28. The largest absolute Gasteiger partial charge is 0.490 e. The van der Waals surface area contributed by atoms with Crippen molar-refractivity contribution >= 4 is 43.8 Å². The lowest BCUT2D eigenvalue weighted by molar-refractivity contribution is -0.141. The Morgan fingerprint density at radius 1 is 0.688 bits per heavy atom. The van der Waals surface area contributed by atoms with Crippen molar-refractivity contribution in [1.82, 2.24) is 0 Å². The lowest BCUT2D eigenvalue weighted by Gasteiger charge is -2.13. The fourth-order valence-corrected chi connectivity index (χ4v) is 3.21. The zero-order valence-electron chi connectivity index (χ0n) is 18.2. The molecule has 0 amide bonds. The molecule has 0 aliphatic heterocycles. The maximum atomic E-state index is 11.2. The highest BCUT2D eigenvalue weighted by Gasteiger charge is 2.10. The van der Waals surface area contributed by atoms with Gasteiger partial charge in [-0.15, -0.1) is 0 Å². The minimum atomic E-state index is -0.437. The van der Waals surface area contributed by atoms with E-state index in [-0.39, 0.29) is 26.4 Å². The summed E-state index contributed by atoms with van der Waals surface area (Å²) in [6.07, 6.45) is 0. The van der Waals surface area contributed by atoms with Gasteiger partial charge in [0.15, 0.2) is 0 Å². The van der Waals surface area contributed by atoms with Gasteiger partial charge >= 0.3 is 11.9 Å². The SMILES string of the molecule is C=C(C)C(=O)OCCOCCOc1cc(OCCOCCOC(=O)C(=C)C)c(Br)cc1Br. The summed E-state index contributed by atoms with van der Waals surface area (Å²) < 4.78 is 33.6. The zero-order valence-corrected chi connectivity index (χ0v) is 21.4. The molecule has 0 N–H and O–H groups in total. The van der Waals surface area contributed by atoms with Gasteiger partial charge in [-0.1, -0.05) is 13.2 Å². The van der Waals surface area contributed by atoms with Crippen LogP contribution < -0.4 is 9.47 Å². The highest BCUT2D eigenvalue weighted by molar-refractivity contribution is 9.11. The fourth-order valence-electron chi connectivity index (χ4n) is 1.99. The smallest absolute Gasteiger partial charge is 0.333 e. The second-order valence-corrected chi connectivity index (χ2v) is 8.18. The predicted molar refractivity (Wildman–Crippen MR) is 126 cm³/mol. The van der Waals surface area contributed by atoms with E-state index in [0.717, 1.165) is 8.95 Å². The highest BCUT2D eigenvalue weighted by Crippen LogP contribution is 2.36. The second-order valence-electron chi connectivity index (χ2n) is 6.47. The Morgan fingerprint density at radius 3 is 1.44 bits per heavy atom. The van der Waals surface area contributed by atoms with Gasteiger partial charge in [0.2, 0.25) is 0 Å². The molecule has 0 saturated carbocycles. The van der Waals surface area contributed by atoms with E-state index in [0.29, 0.717) is 49.1 Å². The molecule has 0 aliphatic rings. The molecule has 0 aromatic heterocycles. The summed E-state index contributed by atoms with van der Waals surface area (Å²) in [6.45, 7) is 12.3. The number of carbonyl (C=O) groups excluding carboxylic acids is 2. The van der Waals surface area contributed by atoms with Crippen LogP contribution in [0, 0.1) is 0 Å². The Hall–Kier alpha value is -1.88. The molecule has 0 saturated heterocycles. The van der Waals surface area contributed by atoms with Gasteiger partial charge in [0.05, 0.1) is 35.4 Å². The zero-order chi connectivity index (χ0) is 23.9. The van der Waals surface area contributed by atoms with Crippen LogP contribution in [0.2, 0.25) is 0 Å². The molecule has 10 heteroatoms. The molecule has 1 aromatic carbocycles. The molecular weight excluding hydrogens is 552 g/mol. The number of esters is 2. The highest BCUT2D eigenvalue weighted by atomic mass is 79.9. The number of hydrogen-bond acceptors (Lipinski definition) is 8. The summed E-state index contributed by atoms with van der Waals surface area (Å²) in [7, 11) is 0. The van der Waals surface area contributed by atoms with Crippen molar-refractivity contribution < 1.29 is 38.0 Å². The normalized spacial score (nSPS) is 10.4. The van der Waals surface area contributed by atoms with E-state index in [2.05, 4.69) is 45.0 Å². The molecule has 8 nitrogen and oxygen atoms in total. The minimum Gasteiger partial charge on any atom is -0.490 e. The molecule has 178 valence electrons. The first-order valence-electron chi connectivity index (χ1n) is 9.77. The predicted octanol–water partition coefficient (Wildman–Crippen LogP) is 4.24. The van der Waals surface area contributed by atoms with E-state index >= 15 is 0 Å². The monoisotopic (exact) mass is 578 g/mol. The van der Waals surface area contributed by atoms with Gasteiger partial charge in [-0.3, -0.25) is 0 Å². The molecule has 0 unspecified atom stereocenters. The molecule has 0 bridgehead atoms. The number of benzene rings is 1. The van der Waals surface area contributed by atoms with Crippen LogP contribution in [-0.2, 0) is 28.5 Å². The van der Waals surface area contributed by atoms with Gasteiger partial charge in [-0.2, -0.15) is 0 Å². The van der Waals surface area contributed by atoms with Crippen molar-refractivity contribution in [2.24, 2.45) is 0 Å². The average molecular weight is 580 g/mol. The Labute approximate surface area is 205 Å². The minimum absolute atomic E-state index is 0.157. The van der Waals surface area contributed by atoms with Gasteiger partial charge in [0.1, 0.15) is 37.9 Å². The lowest BCUT2D eigenvalue weighted by atomic mass is 10.3. The van der Waals surface area contributed by atoms with Crippen LogP contribution in [0.4, 0.5) is 0 Å². The van der Waals surface area contributed by atoms with E-state index in [1.54, 1.807) is 19.9 Å². The van der Waals surface area contributed by atoms with Crippen LogP contribution in [0.1, 0.15) is 13.8 Å². The van der Waals surface area contributed by atoms with Crippen molar-refractivity contribution in [3.05, 3.63) is 45.4 Å². The van der Waals surface area contributed by atoms with Gasteiger partial charge in [-0.05, 0) is 51.8 Å². The van der Waals surface area contributed by atoms with Crippen molar-refractivity contribution in [3.8, 4) is 11.5 Å². The molecule has 0 heterocycles. The topological polar surface area (TPSA) is 89.5 Å². The summed E-state index contributed by atoms with van der Waals surface area (Å²) in [6, 6.07) is 3.57. The standard InChI is InChI=1S/C22H28Br2O8/c1-15(2)21(25)31-11-7-27-5-9-29-19-14-20(18(24)13-17(19)23)30-10-6-28-8-12-32-22(26)16(3)4/h13-14H,1,3,5-12H2,2,4H3. The summed E-state index contributed by atoms with van der Waals surface area (Å²) in [4.78, 5) is 22.5. The average Bonchev–Trinajstić information content (AvgIpc) is 2.74. The molecule has 0 aliphatic carbocycles. The van der Waals surface area contributed by atoms with Crippen molar-refractivity contribution in [3.63, 3.8) is 0 Å². The number of carbonyl (C=O) groups is 2. The van der Waals surface area contributed by atoms with Crippen LogP contribution in [0.5, 0.6) is 11.5 Å². The third-order valence-electron chi connectivity index (χ3n) is 3.58. The number of halogens is 2. The molecule has 1 rings (SSSR count). The third-order valence-corrected chi connectivity index (χ3v) is 4.81. The van der Waals surface area contributed by atoms with Gasteiger partial charge in [0.25, 0.3) is 0 Å². The maximum absolute atomic E-state index is 11.2. The van der Waals surface area contributed by atoms with Crippen LogP contribution in [0.25, 0.3) is 0 Å². The van der Waals surface area contributed by atoms with Gasteiger partial charge in [0, 0.05) is 17.2 Å². The van der Waals surface area contributed by atoms with E-state index < -0.39 is 11.9 Å². The van der Waals surface area contributed by atoms with Crippen LogP contribution >= 0.6 is 31.9 Å². The fraction of sp³-hybridized carbons (Fsp3) is 0.455. The number of ether oxygens (including phenoxy) is 6. The first-order chi connectivity index (χ1) is 15.2. The second kappa shape index (κ2) is 15.8. The molecular formula is C22H28Br2O8. The van der Waals surface area contributed by atoms with Gasteiger partial charge < -0.3 is 28.4 Å². The van der Waals surface area contributed by atoms with Crippen molar-refractivity contribution in [2.75, 3.05) is 52.9 Å². The molecule has 0 radical (unpaired) electrons. The maximum Gasteiger partial charge on any atom is 0.333 e. The Bertz CT molecular complexity index is 733. The van der Waals surface area contributed by atoms with Crippen LogP contribution in [-0.4, -0.2) is 64.8 Å². The molecule has 32 heavy (non-hydrogen) atoms. The summed E-state index contributed by atoms with van der Waals surface area (Å²) >= 11 is 6.89. The summed E-state index contributed by atoms with van der Waals surface area (Å²) in [5, 5.41) is 0. The molecule has 1 aromatic rings. The Kier molecular flexibility index (Phi) is 13.9. The lowest BCUT2D eigenvalue weighted by Crippen LogP contribution is -2.14. The van der Waals surface area contributed by atoms with Crippen LogP contribution in [0.15, 0.2) is 45.4 Å². The van der Waals surface area contributed by atoms with Crippen molar-refractivity contribution in [2.45, 2.75) is 13.8 Å². The molecule has 0 atom stereocenters. The quantitative estimate of drug-likeness (QED) is 0.163. The van der Waals surface area contributed by atoms with E-state index in [9.17, 15) is 9.59 Å². The van der Waals surface area contributed by atoms with E-state index in [1.807, 2.05) is 6.07 Å². The molecule has 0 fully saturated rings. The summed E-state index contributed by atoms with van der Waals surface area (Å²) in [5.74, 6) is 0.307. The number of rotatable bonds is 16. The first-order valence-corrected chi connectivity index (χ1v) is 11.4. The number of hydrogen-bond donors (Lipinski definition) is 0. The Morgan fingerprint density at radius 2 is 1.06 bits per heavy atom. The third kappa shape index (κ3) is 11.7. The molecule has 0 spiro atoms. The van der Waals surface area contributed by atoms with Gasteiger partial charge in [-0.25, -0.2) is 9.59 Å². The van der Waals surface area contributed by atoms with E-state index in [4.69, 9.17) is 28.4 Å².